The lowest BCUT2D eigenvalue weighted by Gasteiger charge is -2.23. The molecule has 1 atom stereocenters. The van der Waals surface area contributed by atoms with Crippen molar-refractivity contribution in [1.82, 2.24) is 4.57 Å². The lowest BCUT2D eigenvalue weighted by Crippen LogP contribution is -2.39. The number of carbonyl (C=O) groups is 1. The Morgan fingerprint density at radius 3 is 2.86 bits per heavy atom. The van der Waals surface area contributed by atoms with Gasteiger partial charge in [0.15, 0.2) is 0 Å². The van der Waals surface area contributed by atoms with Gasteiger partial charge in [-0.15, -0.1) is 0 Å². The summed E-state index contributed by atoms with van der Waals surface area (Å²) < 4.78 is 1.35. The number of fused-ring (bicyclic) bond motifs is 1. The van der Waals surface area contributed by atoms with E-state index in [9.17, 15) is 9.59 Å². The van der Waals surface area contributed by atoms with Crippen molar-refractivity contribution in [3.8, 4) is 0 Å². The van der Waals surface area contributed by atoms with Gasteiger partial charge in [-0.3, -0.25) is 9.59 Å². The summed E-state index contributed by atoms with van der Waals surface area (Å²) >= 11 is 0. The predicted octanol–water partition coefficient (Wildman–Crippen LogP) is 1.41. The first-order chi connectivity index (χ1) is 10.1. The van der Waals surface area contributed by atoms with E-state index in [2.05, 4.69) is 0 Å². The molecule has 1 unspecified atom stereocenters. The lowest BCUT2D eigenvalue weighted by atomic mass is 10.1. The summed E-state index contributed by atoms with van der Waals surface area (Å²) in [5.74, 6) is -0.0971. The van der Waals surface area contributed by atoms with Crippen molar-refractivity contribution in [2.45, 2.75) is 25.9 Å². The van der Waals surface area contributed by atoms with Crippen LogP contribution in [0.1, 0.15) is 12.5 Å². The summed E-state index contributed by atoms with van der Waals surface area (Å²) in [5.41, 5.74) is 8.02. The monoisotopic (exact) mass is 283 g/mol. The molecule has 0 saturated heterocycles. The van der Waals surface area contributed by atoms with Crippen molar-refractivity contribution in [1.29, 1.82) is 0 Å². The highest BCUT2D eigenvalue weighted by molar-refractivity contribution is 5.96. The average Bonchev–Trinajstić information content (AvgIpc) is 2.78. The second kappa shape index (κ2) is 5.09. The molecule has 0 spiro atoms. The molecule has 1 aliphatic heterocycles. The molecule has 2 aromatic rings. The molecule has 0 saturated carbocycles. The van der Waals surface area contributed by atoms with Crippen LogP contribution in [0.25, 0.3) is 0 Å². The van der Waals surface area contributed by atoms with Crippen molar-refractivity contribution in [3.05, 3.63) is 58.5 Å². The summed E-state index contributed by atoms with van der Waals surface area (Å²) in [6.45, 7) is 2.02. The Morgan fingerprint density at radius 2 is 2.05 bits per heavy atom. The summed E-state index contributed by atoms with van der Waals surface area (Å²) in [5, 5.41) is 0. The van der Waals surface area contributed by atoms with Gasteiger partial charge in [-0.1, -0.05) is 18.2 Å². The van der Waals surface area contributed by atoms with E-state index in [1.807, 2.05) is 31.2 Å². The van der Waals surface area contributed by atoms with Gasteiger partial charge >= 0.3 is 0 Å². The van der Waals surface area contributed by atoms with E-state index in [0.29, 0.717) is 5.69 Å². The number of nitrogen functional groups attached to an aromatic ring is 1. The number of benzene rings is 1. The number of nitrogens with two attached hydrogens (primary N) is 1. The lowest BCUT2D eigenvalue weighted by molar-refractivity contribution is -0.119. The third-order valence-corrected chi connectivity index (χ3v) is 3.79. The molecule has 1 amide bonds. The first kappa shape index (κ1) is 13.4. The third kappa shape index (κ3) is 2.42. The Labute approximate surface area is 122 Å². The van der Waals surface area contributed by atoms with Gasteiger partial charge in [-0.2, -0.15) is 0 Å². The van der Waals surface area contributed by atoms with Crippen LogP contribution in [0.2, 0.25) is 0 Å². The van der Waals surface area contributed by atoms with Gasteiger partial charge in [0.1, 0.15) is 6.54 Å². The van der Waals surface area contributed by atoms with E-state index in [-0.39, 0.29) is 24.1 Å². The summed E-state index contributed by atoms with van der Waals surface area (Å²) in [4.78, 5) is 26.1. The van der Waals surface area contributed by atoms with Crippen molar-refractivity contribution < 1.29 is 4.79 Å². The second-order valence-corrected chi connectivity index (χ2v) is 5.37. The number of hydrogen-bond donors (Lipinski definition) is 1. The van der Waals surface area contributed by atoms with Crippen LogP contribution >= 0.6 is 0 Å². The van der Waals surface area contributed by atoms with Crippen molar-refractivity contribution in [2.24, 2.45) is 0 Å². The van der Waals surface area contributed by atoms with Gasteiger partial charge in [0.05, 0.1) is 0 Å². The molecular weight excluding hydrogens is 266 g/mol. The second-order valence-electron chi connectivity index (χ2n) is 5.37. The number of carbonyl (C=O) groups excluding carboxylic acids is 1. The maximum absolute atomic E-state index is 12.6. The van der Waals surface area contributed by atoms with Crippen LogP contribution in [0.4, 0.5) is 11.4 Å². The molecule has 5 heteroatoms. The van der Waals surface area contributed by atoms with Crippen LogP contribution in [0.3, 0.4) is 0 Å². The topological polar surface area (TPSA) is 68.3 Å². The van der Waals surface area contributed by atoms with E-state index in [1.54, 1.807) is 4.90 Å². The molecule has 108 valence electrons. The van der Waals surface area contributed by atoms with Gasteiger partial charge in [-0.05, 0) is 31.0 Å². The minimum Gasteiger partial charge on any atom is -0.398 e. The number of anilines is 2. The maximum atomic E-state index is 12.6. The van der Waals surface area contributed by atoms with Gasteiger partial charge in [-0.25, -0.2) is 0 Å². The molecule has 3 rings (SSSR count). The van der Waals surface area contributed by atoms with Gasteiger partial charge in [0.25, 0.3) is 5.56 Å². The molecule has 0 bridgehead atoms. The first-order valence-electron chi connectivity index (χ1n) is 6.92. The zero-order chi connectivity index (χ0) is 15.0. The molecule has 1 aromatic carbocycles. The smallest absolute Gasteiger partial charge is 0.251 e. The Kier molecular flexibility index (Phi) is 3.25. The third-order valence-electron chi connectivity index (χ3n) is 3.79. The molecule has 1 aromatic heterocycles. The fourth-order valence-corrected chi connectivity index (χ4v) is 2.84. The van der Waals surface area contributed by atoms with Crippen molar-refractivity contribution >= 4 is 17.3 Å². The van der Waals surface area contributed by atoms with Crippen LogP contribution < -0.4 is 16.2 Å². The summed E-state index contributed by atoms with van der Waals surface area (Å²) in [6.07, 6.45) is 2.35. The molecule has 1 aliphatic rings. The largest absolute Gasteiger partial charge is 0.398 e. The summed E-state index contributed by atoms with van der Waals surface area (Å²) in [6, 6.07) is 10.9. The first-order valence-corrected chi connectivity index (χ1v) is 6.92. The maximum Gasteiger partial charge on any atom is 0.251 e. The SMILES string of the molecule is CC1Cc2ccccc2N1C(=O)Cn1cc(N)ccc1=O. The van der Waals surface area contributed by atoms with Gasteiger partial charge in [0.2, 0.25) is 5.91 Å². The number of rotatable bonds is 2. The van der Waals surface area contributed by atoms with E-state index in [4.69, 9.17) is 5.73 Å². The highest BCUT2D eigenvalue weighted by atomic mass is 16.2. The zero-order valence-electron chi connectivity index (χ0n) is 11.8. The fourth-order valence-electron chi connectivity index (χ4n) is 2.84. The minimum atomic E-state index is -0.224. The molecule has 5 nitrogen and oxygen atoms in total. The van der Waals surface area contributed by atoms with Crippen molar-refractivity contribution in [3.63, 3.8) is 0 Å². The van der Waals surface area contributed by atoms with E-state index < -0.39 is 0 Å². The number of aromatic nitrogens is 1. The van der Waals surface area contributed by atoms with E-state index in [0.717, 1.165) is 12.1 Å². The van der Waals surface area contributed by atoms with Crippen LogP contribution in [0.15, 0.2) is 47.4 Å². The van der Waals surface area contributed by atoms with Crippen LogP contribution in [-0.4, -0.2) is 16.5 Å². The molecule has 0 radical (unpaired) electrons. The van der Waals surface area contributed by atoms with Gasteiger partial charge < -0.3 is 15.2 Å². The number of para-hydroxylation sites is 1. The Bertz CT molecular complexity index is 751. The summed E-state index contributed by atoms with van der Waals surface area (Å²) in [7, 11) is 0. The molecule has 0 fully saturated rings. The zero-order valence-corrected chi connectivity index (χ0v) is 11.8. The fraction of sp³-hybridized carbons (Fsp3) is 0.250. The molecular formula is C16H17N3O2. The quantitative estimate of drug-likeness (QED) is 0.906. The Balaban J connectivity index is 1.89. The number of hydrogen-bond acceptors (Lipinski definition) is 3. The Morgan fingerprint density at radius 1 is 1.29 bits per heavy atom. The number of amides is 1. The highest BCUT2D eigenvalue weighted by Crippen LogP contribution is 2.31. The van der Waals surface area contributed by atoms with Crippen LogP contribution in [-0.2, 0) is 17.8 Å². The van der Waals surface area contributed by atoms with Crippen molar-refractivity contribution in [2.75, 3.05) is 10.6 Å². The molecule has 2 heterocycles. The molecule has 21 heavy (non-hydrogen) atoms. The van der Waals surface area contributed by atoms with Crippen LogP contribution in [0.5, 0.6) is 0 Å². The standard InChI is InChI=1S/C16H17N3O2/c1-11-8-12-4-2-3-5-14(12)19(11)16(21)10-18-9-13(17)6-7-15(18)20/h2-7,9,11H,8,10,17H2,1H3. The van der Waals surface area contributed by atoms with E-state index in [1.165, 1.54) is 28.5 Å². The molecule has 0 aliphatic carbocycles. The van der Waals surface area contributed by atoms with E-state index >= 15 is 0 Å². The molecule has 2 N–H and O–H groups in total. The normalized spacial score (nSPS) is 16.8. The number of pyridine rings is 1. The predicted molar refractivity (Wildman–Crippen MR) is 82.2 cm³/mol. The Hall–Kier alpha value is -2.56. The highest BCUT2D eigenvalue weighted by Gasteiger charge is 2.30. The minimum absolute atomic E-state index is 0.00253. The van der Waals surface area contributed by atoms with Gasteiger partial charge in [0, 0.05) is 29.7 Å². The average molecular weight is 283 g/mol. The van der Waals surface area contributed by atoms with Crippen LogP contribution in [0, 0.1) is 0 Å². The number of nitrogens with zero attached hydrogens (tertiary/aromatic N) is 2.